The van der Waals surface area contributed by atoms with E-state index in [1.807, 2.05) is 6.92 Å². The highest BCUT2D eigenvalue weighted by atomic mass is 32.1. The first kappa shape index (κ1) is 12.2. The second-order valence-corrected chi connectivity index (χ2v) is 4.40. The first-order valence-electron chi connectivity index (χ1n) is 5.47. The minimum atomic E-state index is 0.0125. The van der Waals surface area contributed by atoms with E-state index < -0.39 is 0 Å². The number of nitrogens with two attached hydrogens (primary N) is 1. The van der Waals surface area contributed by atoms with Crippen LogP contribution in [0.1, 0.15) is 32.6 Å². The van der Waals surface area contributed by atoms with E-state index in [9.17, 15) is 4.79 Å². The monoisotopic (exact) mass is 229 g/mol. The lowest BCUT2D eigenvalue weighted by atomic mass is 9.93. The average molecular weight is 229 g/mol. The Bertz CT molecular complexity index is 241. The molecule has 0 spiro atoms. The minimum Gasteiger partial charge on any atom is -0.393 e. The van der Waals surface area contributed by atoms with Gasteiger partial charge >= 0.3 is 6.03 Å². The van der Waals surface area contributed by atoms with Crippen LogP contribution >= 0.6 is 12.2 Å². The summed E-state index contributed by atoms with van der Waals surface area (Å²) in [5.41, 5.74) is 5.41. The summed E-state index contributed by atoms with van der Waals surface area (Å²) in [6.45, 7) is 3.27. The molecule has 1 aliphatic carbocycles. The van der Waals surface area contributed by atoms with E-state index in [2.05, 4.69) is 5.32 Å². The lowest BCUT2D eigenvalue weighted by Crippen LogP contribution is -2.47. The predicted molar refractivity (Wildman–Crippen MR) is 64.8 cm³/mol. The van der Waals surface area contributed by atoms with Crippen molar-refractivity contribution in [3.05, 3.63) is 0 Å². The van der Waals surface area contributed by atoms with Gasteiger partial charge in [-0.1, -0.05) is 12.2 Å². The van der Waals surface area contributed by atoms with Gasteiger partial charge in [0, 0.05) is 25.6 Å². The molecule has 1 fully saturated rings. The van der Waals surface area contributed by atoms with Crippen molar-refractivity contribution in [3.8, 4) is 0 Å². The fourth-order valence-corrected chi connectivity index (χ4v) is 1.56. The van der Waals surface area contributed by atoms with Crippen LogP contribution in [-0.2, 0) is 0 Å². The topological polar surface area (TPSA) is 58.4 Å². The number of carbonyl (C=O) groups is 1. The second kappa shape index (κ2) is 5.90. The Morgan fingerprint density at radius 3 is 2.67 bits per heavy atom. The zero-order valence-electron chi connectivity index (χ0n) is 9.16. The summed E-state index contributed by atoms with van der Waals surface area (Å²) in [6.07, 6.45) is 4.04. The van der Waals surface area contributed by atoms with Crippen molar-refractivity contribution in [2.45, 2.75) is 38.6 Å². The number of hydrogen-bond donors (Lipinski definition) is 2. The molecule has 1 aliphatic rings. The van der Waals surface area contributed by atoms with E-state index in [4.69, 9.17) is 18.0 Å². The smallest absolute Gasteiger partial charge is 0.317 e. The van der Waals surface area contributed by atoms with E-state index in [0.29, 0.717) is 30.5 Å². The van der Waals surface area contributed by atoms with Crippen LogP contribution in [0.15, 0.2) is 0 Å². The highest BCUT2D eigenvalue weighted by Crippen LogP contribution is 2.18. The number of carbonyl (C=O) groups excluding carboxylic acids is 1. The molecule has 0 aromatic heterocycles. The molecule has 0 aliphatic heterocycles. The third-order valence-electron chi connectivity index (χ3n) is 2.73. The van der Waals surface area contributed by atoms with Crippen LogP contribution in [0.4, 0.5) is 4.79 Å². The molecule has 0 heterocycles. The molecule has 0 aromatic rings. The van der Waals surface area contributed by atoms with Gasteiger partial charge in [-0.05, 0) is 26.2 Å². The van der Waals surface area contributed by atoms with Crippen LogP contribution in [-0.4, -0.2) is 35.1 Å². The Hall–Kier alpha value is -0.840. The molecule has 2 amide bonds. The summed E-state index contributed by atoms with van der Waals surface area (Å²) in [7, 11) is 0. The number of hydrogen-bond acceptors (Lipinski definition) is 2. The van der Waals surface area contributed by atoms with E-state index in [-0.39, 0.29) is 6.03 Å². The van der Waals surface area contributed by atoms with Crippen molar-refractivity contribution >= 4 is 23.2 Å². The Morgan fingerprint density at radius 1 is 1.60 bits per heavy atom. The molecule has 5 heteroatoms. The summed E-state index contributed by atoms with van der Waals surface area (Å²) in [5, 5.41) is 2.99. The van der Waals surface area contributed by atoms with Gasteiger partial charge in [-0.15, -0.1) is 0 Å². The Labute approximate surface area is 96.2 Å². The van der Waals surface area contributed by atoms with E-state index >= 15 is 0 Å². The summed E-state index contributed by atoms with van der Waals surface area (Å²) in [4.78, 5) is 13.9. The van der Waals surface area contributed by atoms with Gasteiger partial charge in [0.05, 0.1) is 4.99 Å². The zero-order chi connectivity index (χ0) is 11.3. The number of nitrogens with zero attached hydrogens (tertiary/aromatic N) is 1. The Balaban J connectivity index is 2.28. The van der Waals surface area contributed by atoms with Crippen molar-refractivity contribution in [2.75, 3.05) is 13.1 Å². The van der Waals surface area contributed by atoms with Gasteiger partial charge < -0.3 is 16.0 Å². The molecule has 3 N–H and O–H groups in total. The Morgan fingerprint density at radius 2 is 2.27 bits per heavy atom. The molecular formula is C10H19N3OS. The third kappa shape index (κ3) is 4.03. The second-order valence-electron chi connectivity index (χ2n) is 3.87. The van der Waals surface area contributed by atoms with Crippen molar-refractivity contribution in [2.24, 2.45) is 5.73 Å². The van der Waals surface area contributed by atoms with Gasteiger partial charge in [0.2, 0.25) is 0 Å². The van der Waals surface area contributed by atoms with Crippen LogP contribution in [0.2, 0.25) is 0 Å². The maximum atomic E-state index is 11.7. The quantitative estimate of drug-likeness (QED) is 0.697. The molecule has 0 radical (unpaired) electrons. The maximum Gasteiger partial charge on any atom is 0.317 e. The maximum absolute atomic E-state index is 11.7. The van der Waals surface area contributed by atoms with Crippen molar-refractivity contribution in [3.63, 3.8) is 0 Å². The molecular weight excluding hydrogens is 210 g/mol. The molecule has 86 valence electrons. The first-order chi connectivity index (χ1) is 7.13. The molecule has 0 bridgehead atoms. The summed E-state index contributed by atoms with van der Waals surface area (Å²) < 4.78 is 0. The van der Waals surface area contributed by atoms with Crippen molar-refractivity contribution < 1.29 is 4.79 Å². The van der Waals surface area contributed by atoms with Gasteiger partial charge in [-0.3, -0.25) is 0 Å². The van der Waals surface area contributed by atoms with Gasteiger partial charge in [0.1, 0.15) is 0 Å². The standard InChI is InChI=1S/C10H19N3OS/c1-2-13(7-6-9(11)15)10(14)12-8-4-3-5-8/h8H,2-7H2,1H3,(H2,11,15)(H,12,14). The lowest BCUT2D eigenvalue weighted by molar-refractivity contribution is 0.190. The third-order valence-corrected chi connectivity index (χ3v) is 2.93. The normalized spacial score (nSPS) is 15.5. The molecule has 0 saturated heterocycles. The van der Waals surface area contributed by atoms with Gasteiger partial charge in [-0.25, -0.2) is 4.79 Å². The SMILES string of the molecule is CCN(CCC(N)=S)C(=O)NC1CCC1. The first-order valence-corrected chi connectivity index (χ1v) is 5.88. The molecule has 1 rings (SSSR count). The number of rotatable bonds is 5. The molecule has 0 aromatic carbocycles. The number of urea groups is 1. The molecule has 4 nitrogen and oxygen atoms in total. The number of amides is 2. The van der Waals surface area contributed by atoms with Crippen LogP contribution < -0.4 is 11.1 Å². The molecule has 0 unspecified atom stereocenters. The van der Waals surface area contributed by atoms with Gasteiger partial charge in [0.15, 0.2) is 0 Å². The molecule has 0 atom stereocenters. The summed E-state index contributed by atoms with van der Waals surface area (Å²) >= 11 is 4.79. The van der Waals surface area contributed by atoms with Crippen molar-refractivity contribution in [1.82, 2.24) is 10.2 Å². The number of nitrogens with one attached hydrogen (secondary N) is 1. The predicted octanol–water partition coefficient (Wildman–Crippen LogP) is 1.25. The summed E-state index contributed by atoms with van der Waals surface area (Å²) in [6, 6.07) is 0.398. The summed E-state index contributed by atoms with van der Waals surface area (Å²) in [5.74, 6) is 0. The largest absolute Gasteiger partial charge is 0.393 e. The zero-order valence-corrected chi connectivity index (χ0v) is 9.98. The van der Waals surface area contributed by atoms with Crippen molar-refractivity contribution in [1.29, 1.82) is 0 Å². The van der Waals surface area contributed by atoms with Gasteiger partial charge in [-0.2, -0.15) is 0 Å². The van der Waals surface area contributed by atoms with E-state index in [1.165, 1.54) is 6.42 Å². The number of thiocarbonyl (C=S) groups is 1. The van der Waals surface area contributed by atoms with Crippen LogP contribution in [0.25, 0.3) is 0 Å². The molecule has 15 heavy (non-hydrogen) atoms. The van der Waals surface area contributed by atoms with E-state index in [0.717, 1.165) is 12.8 Å². The van der Waals surface area contributed by atoms with Crippen LogP contribution in [0, 0.1) is 0 Å². The fourth-order valence-electron chi connectivity index (χ4n) is 1.47. The highest BCUT2D eigenvalue weighted by Gasteiger charge is 2.21. The van der Waals surface area contributed by atoms with Gasteiger partial charge in [0.25, 0.3) is 0 Å². The Kier molecular flexibility index (Phi) is 4.81. The fraction of sp³-hybridized carbons (Fsp3) is 0.800. The minimum absolute atomic E-state index is 0.0125. The van der Waals surface area contributed by atoms with E-state index in [1.54, 1.807) is 4.90 Å². The van der Waals surface area contributed by atoms with Crippen LogP contribution in [0.3, 0.4) is 0 Å². The van der Waals surface area contributed by atoms with Crippen LogP contribution in [0.5, 0.6) is 0 Å². The molecule has 1 saturated carbocycles. The highest BCUT2D eigenvalue weighted by molar-refractivity contribution is 7.80. The average Bonchev–Trinajstić information content (AvgIpc) is 2.12. The lowest BCUT2D eigenvalue weighted by Gasteiger charge is -2.30.